The molecule has 1 heterocycles. The van der Waals surface area contributed by atoms with Crippen molar-refractivity contribution < 1.29 is 36.3 Å². The number of anilines is 1. The SMILES string of the molecule is CC(C(=O)Nc1c(F)c(F)c(F)c(F)c1F)N1C(=O)c2ccccc2C1=O. The van der Waals surface area contributed by atoms with Crippen LogP contribution in [-0.4, -0.2) is 28.7 Å². The molecule has 2 aromatic carbocycles. The van der Waals surface area contributed by atoms with Crippen molar-refractivity contribution in [2.24, 2.45) is 0 Å². The second kappa shape index (κ2) is 6.45. The molecule has 3 rings (SSSR count). The summed E-state index contributed by atoms with van der Waals surface area (Å²) in [6.45, 7) is 1.07. The van der Waals surface area contributed by atoms with E-state index in [0.717, 1.165) is 6.92 Å². The van der Waals surface area contributed by atoms with Gasteiger partial charge < -0.3 is 5.32 Å². The highest BCUT2D eigenvalue weighted by atomic mass is 19.2. The van der Waals surface area contributed by atoms with Crippen molar-refractivity contribution in [1.82, 2.24) is 4.90 Å². The van der Waals surface area contributed by atoms with Crippen molar-refractivity contribution in [1.29, 1.82) is 0 Å². The van der Waals surface area contributed by atoms with E-state index in [1.54, 1.807) is 5.32 Å². The zero-order valence-electron chi connectivity index (χ0n) is 13.4. The fourth-order valence-corrected chi connectivity index (χ4v) is 2.62. The molecule has 0 fully saturated rings. The molecule has 1 aliphatic rings. The molecule has 3 amide bonds. The van der Waals surface area contributed by atoms with Crippen LogP contribution in [0.2, 0.25) is 0 Å². The van der Waals surface area contributed by atoms with Crippen molar-refractivity contribution in [3.8, 4) is 0 Å². The molecule has 10 heteroatoms. The van der Waals surface area contributed by atoms with Gasteiger partial charge in [0.15, 0.2) is 23.3 Å². The lowest BCUT2D eigenvalue weighted by molar-refractivity contribution is -0.119. The maximum absolute atomic E-state index is 13.7. The summed E-state index contributed by atoms with van der Waals surface area (Å²) in [5.41, 5.74) is -1.52. The number of amides is 3. The molecular formula is C17H9F5N2O3. The Balaban J connectivity index is 1.91. The molecule has 1 aliphatic heterocycles. The van der Waals surface area contributed by atoms with Crippen molar-refractivity contribution in [2.75, 3.05) is 5.32 Å². The quantitative estimate of drug-likeness (QED) is 0.383. The lowest BCUT2D eigenvalue weighted by Crippen LogP contribution is -2.45. The van der Waals surface area contributed by atoms with Crippen LogP contribution in [0.15, 0.2) is 24.3 Å². The highest BCUT2D eigenvalue weighted by Gasteiger charge is 2.41. The van der Waals surface area contributed by atoms with Crippen LogP contribution in [0.4, 0.5) is 27.6 Å². The van der Waals surface area contributed by atoms with Gasteiger partial charge >= 0.3 is 0 Å². The van der Waals surface area contributed by atoms with Crippen LogP contribution >= 0.6 is 0 Å². The van der Waals surface area contributed by atoms with E-state index in [9.17, 15) is 36.3 Å². The number of carbonyl (C=O) groups is 3. The van der Waals surface area contributed by atoms with Crippen molar-refractivity contribution in [2.45, 2.75) is 13.0 Å². The van der Waals surface area contributed by atoms with Gasteiger partial charge in [0, 0.05) is 0 Å². The predicted molar refractivity (Wildman–Crippen MR) is 81.3 cm³/mol. The van der Waals surface area contributed by atoms with Crippen LogP contribution in [0.25, 0.3) is 0 Å². The molecule has 0 aliphatic carbocycles. The minimum Gasteiger partial charge on any atom is -0.319 e. The van der Waals surface area contributed by atoms with Crippen molar-refractivity contribution in [3.05, 3.63) is 64.5 Å². The summed E-state index contributed by atoms with van der Waals surface area (Å²) in [5, 5.41) is 1.55. The summed E-state index contributed by atoms with van der Waals surface area (Å²) in [6, 6.07) is 4.11. The van der Waals surface area contributed by atoms with Crippen LogP contribution < -0.4 is 5.32 Å². The first-order valence-electron chi connectivity index (χ1n) is 7.46. The van der Waals surface area contributed by atoms with Crippen molar-refractivity contribution in [3.63, 3.8) is 0 Å². The van der Waals surface area contributed by atoms with E-state index in [0.29, 0.717) is 4.90 Å². The van der Waals surface area contributed by atoms with E-state index >= 15 is 0 Å². The highest BCUT2D eigenvalue weighted by molar-refractivity contribution is 6.23. The summed E-state index contributed by atoms with van der Waals surface area (Å²) in [5.74, 6) is -14.3. The smallest absolute Gasteiger partial charge is 0.262 e. The third kappa shape index (κ3) is 2.73. The lowest BCUT2D eigenvalue weighted by atomic mass is 10.1. The van der Waals surface area contributed by atoms with E-state index in [2.05, 4.69) is 0 Å². The van der Waals surface area contributed by atoms with Crippen molar-refractivity contribution >= 4 is 23.4 Å². The van der Waals surface area contributed by atoms with Gasteiger partial charge in [-0.3, -0.25) is 19.3 Å². The Morgan fingerprint density at radius 1 is 0.852 bits per heavy atom. The number of hydrogen-bond acceptors (Lipinski definition) is 3. The second-order valence-electron chi connectivity index (χ2n) is 5.64. The topological polar surface area (TPSA) is 66.5 Å². The number of nitrogens with zero attached hydrogens (tertiary/aromatic N) is 1. The predicted octanol–water partition coefficient (Wildman–Crippen LogP) is 3.01. The Morgan fingerprint density at radius 2 is 1.26 bits per heavy atom. The molecule has 1 unspecified atom stereocenters. The summed E-state index contributed by atoms with van der Waals surface area (Å²) in [6.07, 6.45) is 0. The van der Waals surface area contributed by atoms with Crippen LogP contribution in [0.3, 0.4) is 0 Å². The zero-order valence-corrected chi connectivity index (χ0v) is 13.4. The Labute approximate surface area is 148 Å². The number of nitrogens with one attached hydrogen (secondary N) is 1. The molecule has 0 saturated heterocycles. The Bertz CT molecular complexity index is 944. The summed E-state index contributed by atoms with van der Waals surface area (Å²) in [7, 11) is 0. The minimum atomic E-state index is -2.38. The number of halogens is 5. The average molecular weight is 384 g/mol. The fraction of sp³-hybridized carbons (Fsp3) is 0.118. The minimum absolute atomic E-state index is 0.0263. The van der Waals surface area contributed by atoms with Gasteiger partial charge in [-0.15, -0.1) is 0 Å². The number of imide groups is 1. The monoisotopic (exact) mass is 384 g/mol. The number of fused-ring (bicyclic) bond motifs is 1. The highest BCUT2D eigenvalue weighted by Crippen LogP contribution is 2.29. The van der Waals surface area contributed by atoms with Gasteiger partial charge in [-0.25, -0.2) is 22.0 Å². The van der Waals surface area contributed by atoms with E-state index < -0.39 is 58.5 Å². The Kier molecular flexibility index (Phi) is 4.42. The molecule has 0 radical (unpaired) electrons. The van der Waals surface area contributed by atoms with Gasteiger partial charge in [0.1, 0.15) is 11.7 Å². The Hall–Kier alpha value is -3.30. The van der Waals surface area contributed by atoms with Gasteiger partial charge in [0.2, 0.25) is 11.7 Å². The maximum Gasteiger partial charge on any atom is 0.262 e. The summed E-state index contributed by atoms with van der Waals surface area (Å²) < 4.78 is 66.9. The normalized spacial score (nSPS) is 14.4. The standard InChI is InChI=1S/C17H9F5N2O3/c1-6(24-16(26)7-4-2-3-5-8(7)17(24)27)15(25)23-14-12(21)10(19)9(18)11(20)13(14)22/h2-6H,1H3,(H,23,25). The first-order valence-corrected chi connectivity index (χ1v) is 7.46. The van der Waals surface area contributed by atoms with Gasteiger partial charge in [-0.05, 0) is 19.1 Å². The van der Waals surface area contributed by atoms with Gasteiger partial charge in [0.25, 0.3) is 11.8 Å². The number of carbonyl (C=O) groups excluding carboxylic acids is 3. The second-order valence-corrected chi connectivity index (χ2v) is 5.64. The zero-order chi connectivity index (χ0) is 20.0. The van der Waals surface area contributed by atoms with Crippen LogP contribution in [0.1, 0.15) is 27.6 Å². The molecule has 0 bridgehead atoms. The third-order valence-corrected chi connectivity index (χ3v) is 4.05. The molecule has 0 spiro atoms. The van der Waals surface area contributed by atoms with Gasteiger partial charge in [-0.2, -0.15) is 0 Å². The first-order chi connectivity index (χ1) is 12.7. The molecular weight excluding hydrogens is 375 g/mol. The maximum atomic E-state index is 13.7. The summed E-state index contributed by atoms with van der Waals surface area (Å²) >= 11 is 0. The van der Waals surface area contributed by atoms with Gasteiger partial charge in [0.05, 0.1) is 11.1 Å². The van der Waals surface area contributed by atoms with E-state index in [1.807, 2.05) is 0 Å². The number of hydrogen-bond donors (Lipinski definition) is 1. The molecule has 27 heavy (non-hydrogen) atoms. The molecule has 140 valence electrons. The molecule has 5 nitrogen and oxygen atoms in total. The van der Waals surface area contributed by atoms with E-state index in [-0.39, 0.29) is 11.1 Å². The largest absolute Gasteiger partial charge is 0.319 e. The van der Waals surface area contributed by atoms with E-state index in [4.69, 9.17) is 0 Å². The summed E-state index contributed by atoms with van der Waals surface area (Å²) in [4.78, 5) is 37.4. The molecule has 1 N–H and O–H groups in total. The van der Waals surface area contributed by atoms with Crippen LogP contribution in [0, 0.1) is 29.1 Å². The molecule has 0 saturated carbocycles. The molecule has 0 aromatic heterocycles. The Morgan fingerprint density at radius 3 is 1.70 bits per heavy atom. The third-order valence-electron chi connectivity index (χ3n) is 4.05. The van der Waals surface area contributed by atoms with Gasteiger partial charge in [-0.1, -0.05) is 12.1 Å². The van der Waals surface area contributed by atoms with E-state index in [1.165, 1.54) is 24.3 Å². The average Bonchev–Trinajstić information content (AvgIpc) is 2.92. The fourth-order valence-electron chi connectivity index (χ4n) is 2.62. The molecule has 2 aromatic rings. The first kappa shape index (κ1) is 18.5. The van der Waals surface area contributed by atoms with Crippen LogP contribution in [-0.2, 0) is 4.79 Å². The number of benzene rings is 2. The van der Waals surface area contributed by atoms with Crippen LogP contribution in [0.5, 0.6) is 0 Å². The molecule has 1 atom stereocenters. The lowest BCUT2D eigenvalue weighted by Gasteiger charge is -2.22. The number of rotatable bonds is 3.